The second-order valence-corrected chi connectivity index (χ2v) is 13.1. The van der Waals surface area contributed by atoms with Gasteiger partial charge in [0.25, 0.3) is 0 Å². The number of hydrogen-bond acceptors (Lipinski definition) is 0. The van der Waals surface area contributed by atoms with Gasteiger partial charge in [0.15, 0.2) is 0 Å². The van der Waals surface area contributed by atoms with Crippen LogP contribution in [0.4, 0.5) is 17.6 Å². The lowest BCUT2D eigenvalue weighted by Gasteiger charge is -2.37. The monoisotopic (exact) mass is 696 g/mol. The third-order valence-electron chi connectivity index (χ3n) is 9.88. The predicted molar refractivity (Wildman–Crippen MR) is 206 cm³/mol. The van der Waals surface area contributed by atoms with Gasteiger partial charge in [-0.3, -0.25) is 0 Å². The fourth-order valence-electron chi connectivity index (χ4n) is 7.35. The molecule has 0 fully saturated rings. The van der Waals surface area contributed by atoms with Gasteiger partial charge in [-0.15, -0.1) is 0 Å². The van der Waals surface area contributed by atoms with Crippen LogP contribution < -0.4 is 0 Å². The largest absolute Gasteiger partial charge is 0.207 e. The Bertz CT molecular complexity index is 2270. The van der Waals surface area contributed by atoms with Crippen molar-refractivity contribution >= 4 is 0 Å². The van der Waals surface area contributed by atoms with Gasteiger partial charge in [-0.25, -0.2) is 17.6 Å². The van der Waals surface area contributed by atoms with E-state index in [0.29, 0.717) is 22.3 Å². The molecule has 0 heterocycles. The summed E-state index contributed by atoms with van der Waals surface area (Å²) in [5, 5.41) is 0. The van der Waals surface area contributed by atoms with E-state index in [4.69, 9.17) is 0 Å². The zero-order valence-corrected chi connectivity index (χ0v) is 28.5. The highest BCUT2D eigenvalue weighted by atomic mass is 19.1. The third-order valence-corrected chi connectivity index (χ3v) is 9.88. The zero-order valence-electron chi connectivity index (χ0n) is 28.5. The molecule has 8 rings (SSSR count). The van der Waals surface area contributed by atoms with Crippen molar-refractivity contribution in [3.8, 4) is 44.5 Å². The predicted octanol–water partition coefficient (Wildman–Crippen LogP) is 13.3. The first kappa shape index (κ1) is 33.6. The zero-order chi connectivity index (χ0) is 36.4. The molecule has 0 aromatic heterocycles. The van der Waals surface area contributed by atoms with Crippen LogP contribution in [0.25, 0.3) is 44.5 Å². The van der Waals surface area contributed by atoms with Crippen molar-refractivity contribution in [3.05, 3.63) is 240 Å². The van der Waals surface area contributed by atoms with E-state index in [2.05, 4.69) is 72.8 Å². The number of rotatable bonds is 8. The molecule has 0 aliphatic heterocycles. The van der Waals surface area contributed by atoms with E-state index in [-0.39, 0.29) is 0 Å². The molecule has 0 aliphatic carbocycles. The van der Waals surface area contributed by atoms with Crippen LogP contribution in [0.5, 0.6) is 0 Å². The Balaban J connectivity index is 1.35. The molecular weight excluding hydrogens is 665 g/mol. The molecule has 0 spiro atoms. The molecule has 0 unspecified atom stereocenters. The maximum atomic E-state index is 14.3. The average Bonchev–Trinajstić information content (AvgIpc) is 3.19. The summed E-state index contributed by atoms with van der Waals surface area (Å²) in [7, 11) is 0. The summed E-state index contributed by atoms with van der Waals surface area (Å²) in [6.07, 6.45) is 0. The van der Waals surface area contributed by atoms with E-state index < -0.39 is 28.7 Å². The molecule has 4 heteroatoms. The van der Waals surface area contributed by atoms with Crippen molar-refractivity contribution in [3.63, 3.8) is 0 Å². The molecule has 0 bridgehead atoms. The first-order valence-electron chi connectivity index (χ1n) is 17.3. The lowest BCUT2D eigenvalue weighted by atomic mass is 9.64. The lowest BCUT2D eigenvalue weighted by molar-refractivity contribution is 0.583. The molecule has 0 saturated heterocycles. The van der Waals surface area contributed by atoms with Crippen molar-refractivity contribution < 1.29 is 17.6 Å². The van der Waals surface area contributed by atoms with E-state index >= 15 is 0 Å². The Morgan fingerprint density at radius 2 is 0.453 bits per heavy atom. The summed E-state index contributed by atoms with van der Waals surface area (Å²) in [4.78, 5) is 0. The van der Waals surface area contributed by atoms with E-state index in [1.54, 1.807) is 0 Å². The van der Waals surface area contributed by atoms with Gasteiger partial charge in [-0.1, -0.05) is 158 Å². The van der Waals surface area contributed by atoms with Crippen molar-refractivity contribution in [2.24, 2.45) is 0 Å². The molecular formula is C49H32F4. The SMILES string of the molecule is Fc1cc(F)cc(-c2ccc(C(c3ccc(-c4ccccc4)cc3)(c3ccc(-c4ccccc4)cc3)c3ccc(-c4cc(F)cc(F)c4)cc3)cc2)c1. The highest BCUT2D eigenvalue weighted by Crippen LogP contribution is 2.47. The standard InChI is InChI=1S/C49H32F4/c50-45-27-39(28-46(51)31-45)37-15-23-43(24-16-37)49(41-19-11-35(12-20-41)33-7-3-1-4-8-33,42-21-13-36(14-22-42)34-9-5-2-6-10-34)44-25-17-38(18-26-44)40-29-47(52)32-48(53)30-40/h1-32H. The van der Waals surface area contributed by atoms with E-state index in [9.17, 15) is 17.6 Å². The molecule has 8 aromatic rings. The lowest BCUT2D eigenvalue weighted by Crippen LogP contribution is -2.31. The molecule has 0 amide bonds. The van der Waals surface area contributed by atoms with Crippen molar-refractivity contribution in [1.29, 1.82) is 0 Å². The Labute approximate surface area is 306 Å². The van der Waals surface area contributed by atoms with Gasteiger partial charge in [0, 0.05) is 12.1 Å². The summed E-state index contributed by atoms with van der Waals surface area (Å²) >= 11 is 0. The van der Waals surface area contributed by atoms with Crippen LogP contribution in [0.1, 0.15) is 22.3 Å². The minimum atomic E-state index is -0.887. The Kier molecular flexibility index (Phi) is 9.03. The van der Waals surface area contributed by atoms with Crippen LogP contribution in [0, 0.1) is 23.3 Å². The second kappa shape index (κ2) is 14.2. The van der Waals surface area contributed by atoms with Crippen LogP contribution in [-0.2, 0) is 5.41 Å². The van der Waals surface area contributed by atoms with Gasteiger partial charge in [-0.2, -0.15) is 0 Å². The number of halogens is 4. The van der Waals surface area contributed by atoms with Crippen LogP contribution in [0.15, 0.2) is 194 Å². The molecule has 0 N–H and O–H groups in total. The number of hydrogen-bond donors (Lipinski definition) is 0. The van der Waals surface area contributed by atoms with Gasteiger partial charge in [0.1, 0.15) is 23.3 Å². The topological polar surface area (TPSA) is 0 Å². The Hall–Kier alpha value is -6.52. The third kappa shape index (κ3) is 6.68. The van der Waals surface area contributed by atoms with Gasteiger partial charge in [0.2, 0.25) is 0 Å². The average molecular weight is 697 g/mol. The summed E-state index contributed by atoms with van der Waals surface area (Å²) in [6.45, 7) is 0. The molecule has 53 heavy (non-hydrogen) atoms. The summed E-state index contributed by atoms with van der Waals surface area (Å²) in [6, 6.07) is 60.0. The van der Waals surface area contributed by atoms with Gasteiger partial charge >= 0.3 is 0 Å². The summed E-state index contributed by atoms with van der Waals surface area (Å²) in [5.74, 6) is -2.58. The fraction of sp³-hybridized carbons (Fsp3) is 0.0204. The normalized spacial score (nSPS) is 11.4. The van der Waals surface area contributed by atoms with Crippen LogP contribution in [0.3, 0.4) is 0 Å². The summed E-state index contributed by atoms with van der Waals surface area (Å²) < 4.78 is 57.1. The first-order valence-corrected chi connectivity index (χ1v) is 17.3. The van der Waals surface area contributed by atoms with E-state index in [1.807, 2.05) is 84.9 Å². The Morgan fingerprint density at radius 3 is 0.717 bits per heavy atom. The fourth-order valence-corrected chi connectivity index (χ4v) is 7.35. The highest BCUT2D eigenvalue weighted by Gasteiger charge is 2.38. The molecule has 0 nitrogen and oxygen atoms in total. The minimum absolute atomic E-state index is 0.436. The van der Waals surface area contributed by atoms with Crippen molar-refractivity contribution in [1.82, 2.24) is 0 Å². The van der Waals surface area contributed by atoms with Crippen LogP contribution in [0.2, 0.25) is 0 Å². The van der Waals surface area contributed by atoms with Gasteiger partial charge < -0.3 is 0 Å². The van der Waals surface area contributed by atoms with Gasteiger partial charge in [-0.05, 0) is 91.0 Å². The molecule has 0 atom stereocenters. The molecule has 0 aliphatic rings. The molecule has 256 valence electrons. The second-order valence-electron chi connectivity index (χ2n) is 13.1. The molecule has 8 aromatic carbocycles. The van der Waals surface area contributed by atoms with E-state index in [0.717, 1.165) is 56.6 Å². The maximum Gasteiger partial charge on any atom is 0.126 e. The molecule has 0 saturated carbocycles. The van der Waals surface area contributed by atoms with Crippen LogP contribution in [-0.4, -0.2) is 0 Å². The smallest absolute Gasteiger partial charge is 0.126 e. The van der Waals surface area contributed by atoms with Crippen molar-refractivity contribution in [2.75, 3.05) is 0 Å². The maximum absolute atomic E-state index is 14.3. The van der Waals surface area contributed by atoms with E-state index in [1.165, 1.54) is 24.3 Å². The first-order chi connectivity index (χ1) is 25.9. The van der Waals surface area contributed by atoms with Gasteiger partial charge in [0.05, 0.1) is 5.41 Å². The number of benzene rings is 8. The van der Waals surface area contributed by atoms with Crippen molar-refractivity contribution in [2.45, 2.75) is 5.41 Å². The molecule has 0 radical (unpaired) electrons. The Morgan fingerprint density at radius 1 is 0.226 bits per heavy atom. The quantitative estimate of drug-likeness (QED) is 0.110. The van der Waals surface area contributed by atoms with Crippen LogP contribution >= 0.6 is 0 Å². The highest BCUT2D eigenvalue weighted by molar-refractivity contribution is 5.72. The minimum Gasteiger partial charge on any atom is -0.207 e. The summed E-state index contributed by atoms with van der Waals surface area (Å²) in [5.41, 5.74) is 9.45.